The number of nitrogens with two attached hydrogens (primary N) is 1. The maximum atomic E-state index is 12.7. The second kappa shape index (κ2) is 44.7. The van der Waals surface area contributed by atoms with Crippen molar-refractivity contribution >= 4 is 19.8 Å². The molecule has 0 aromatic heterocycles. The first-order valence-corrected chi connectivity index (χ1v) is 24.4. The second-order valence-corrected chi connectivity index (χ2v) is 16.2. The minimum atomic E-state index is -4.64. The molecule has 0 aliphatic rings. The lowest BCUT2D eigenvalue weighted by Crippen LogP contribution is -2.34. The van der Waals surface area contributed by atoms with E-state index in [1.165, 1.54) is 12.8 Å². The summed E-state index contributed by atoms with van der Waals surface area (Å²) in [6, 6.07) is -1.49. The Labute approximate surface area is 370 Å². The topological polar surface area (TPSA) is 155 Å². The number of hydrogen-bond donors (Lipinski definition) is 3. The summed E-state index contributed by atoms with van der Waals surface area (Å²) in [5, 5.41) is 8.91. The molecule has 0 heterocycles. The summed E-state index contributed by atoms with van der Waals surface area (Å²) in [5.74, 6) is -1.82. The summed E-state index contributed by atoms with van der Waals surface area (Å²) in [5.41, 5.74) is 5.36. The van der Waals surface area contributed by atoms with Gasteiger partial charge in [-0.2, -0.15) is 0 Å². The number of esters is 1. The number of carbonyl (C=O) groups is 2. The van der Waals surface area contributed by atoms with Gasteiger partial charge in [-0.3, -0.25) is 18.6 Å². The van der Waals surface area contributed by atoms with Crippen molar-refractivity contribution in [3.8, 4) is 0 Å². The third kappa shape index (κ3) is 44.5. The van der Waals surface area contributed by atoms with E-state index in [1.807, 2.05) is 0 Å². The van der Waals surface area contributed by atoms with Crippen LogP contribution in [0, 0.1) is 0 Å². The number of carbonyl (C=O) groups excluding carboxylic acids is 1. The van der Waals surface area contributed by atoms with Gasteiger partial charge < -0.3 is 25.2 Å². The van der Waals surface area contributed by atoms with E-state index in [-0.39, 0.29) is 13.0 Å². The van der Waals surface area contributed by atoms with Gasteiger partial charge in [0, 0.05) is 13.0 Å². The fraction of sp³-hybridized carbons (Fsp3) is 0.600. The molecule has 0 aliphatic carbocycles. The first-order chi connectivity index (χ1) is 29.7. The van der Waals surface area contributed by atoms with Gasteiger partial charge in [0.1, 0.15) is 12.1 Å². The molecular formula is C50H82NO9P. The number of carboxylic acid groups (broad SMARTS) is 1. The Kier molecular flexibility index (Phi) is 42.2. The van der Waals surface area contributed by atoms with E-state index >= 15 is 0 Å². The number of phosphoric ester groups is 1. The molecule has 346 valence electrons. The van der Waals surface area contributed by atoms with Crippen LogP contribution < -0.4 is 5.73 Å². The molecule has 0 fully saturated rings. The molecule has 0 aromatic carbocycles. The number of ether oxygens (including phenoxy) is 2. The first-order valence-electron chi connectivity index (χ1n) is 22.9. The number of phosphoric acid groups is 1. The maximum absolute atomic E-state index is 12.7. The lowest BCUT2D eigenvalue weighted by Gasteiger charge is -2.20. The molecule has 0 aliphatic heterocycles. The Morgan fingerprint density at radius 3 is 1.34 bits per heavy atom. The van der Waals surface area contributed by atoms with Gasteiger partial charge in [0.2, 0.25) is 0 Å². The van der Waals surface area contributed by atoms with Crippen LogP contribution in [0.2, 0.25) is 0 Å². The lowest BCUT2D eigenvalue weighted by molar-refractivity contribution is -0.154. The minimum absolute atomic E-state index is 0.0106. The first kappa shape index (κ1) is 57.6. The van der Waals surface area contributed by atoms with Crippen LogP contribution in [0.1, 0.15) is 155 Å². The average molecular weight is 872 g/mol. The molecule has 0 radical (unpaired) electrons. The maximum Gasteiger partial charge on any atom is 0.472 e. The molecule has 11 heteroatoms. The van der Waals surface area contributed by atoms with Crippen molar-refractivity contribution in [2.45, 2.75) is 167 Å². The largest absolute Gasteiger partial charge is 0.480 e. The summed E-state index contributed by atoms with van der Waals surface area (Å²) in [4.78, 5) is 33.6. The molecule has 0 spiro atoms. The Morgan fingerprint density at radius 1 is 0.525 bits per heavy atom. The quantitative estimate of drug-likeness (QED) is 0.0234. The number of rotatable bonds is 42. The van der Waals surface area contributed by atoms with Crippen LogP contribution in [0.3, 0.4) is 0 Å². The summed E-state index contributed by atoms with van der Waals surface area (Å²) >= 11 is 0. The van der Waals surface area contributed by atoms with Gasteiger partial charge in [-0.15, -0.1) is 0 Å². The molecule has 0 bridgehead atoms. The van der Waals surface area contributed by atoms with Crippen molar-refractivity contribution in [1.29, 1.82) is 0 Å². The summed E-state index contributed by atoms with van der Waals surface area (Å²) in [6.45, 7) is 3.57. The number of carboxylic acids is 1. The van der Waals surface area contributed by atoms with Gasteiger partial charge in [0.25, 0.3) is 0 Å². The van der Waals surface area contributed by atoms with Crippen LogP contribution >= 0.6 is 7.82 Å². The van der Waals surface area contributed by atoms with Crippen LogP contribution in [0.25, 0.3) is 0 Å². The van der Waals surface area contributed by atoms with Crippen molar-refractivity contribution in [3.05, 3.63) is 109 Å². The predicted molar refractivity (Wildman–Crippen MR) is 253 cm³/mol. The van der Waals surface area contributed by atoms with Gasteiger partial charge in [-0.25, -0.2) is 4.57 Å². The van der Waals surface area contributed by atoms with Crippen molar-refractivity contribution in [1.82, 2.24) is 0 Å². The van der Waals surface area contributed by atoms with Crippen molar-refractivity contribution in [3.63, 3.8) is 0 Å². The fourth-order valence-electron chi connectivity index (χ4n) is 5.56. The van der Waals surface area contributed by atoms with Gasteiger partial charge in [-0.1, -0.05) is 162 Å². The highest BCUT2D eigenvalue weighted by Gasteiger charge is 2.27. The average Bonchev–Trinajstić information content (AvgIpc) is 3.24. The number of hydrogen-bond acceptors (Lipinski definition) is 8. The second-order valence-electron chi connectivity index (χ2n) is 14.8. The zero-order valence-electron chi connectivity index (χ0n) is 37.7. The van der Waals surface area contributed by atoms with E-state index in [0.717, 1.165) is 116 Å². The third-order valence-corrected chi connectivity index (χ3v) is 10.00. The molecule has 0 amide bonds. The van der Waals surface area contributed by atoms with Gasteiger partial charge in [0.15, 0.2) is 0 Å². The molecule has 3 atom stereocenters. The predicted octanol–water partition coefficient (Wildman–Crippen LogP) is 13.1. The van der Waals surface area contributed by atoms with Crippen LogP contribution in [-0.2, 0) is 32.7 Å². The van der Waals surface area contributed by atoms with E-state index in [4.69, 9.17) is 29.4 Å². The molecule has 0 aromatic rings. The molecule has 0 rings (SSSR count). The number of allylic oxidation sites excluding steroid dienone is 18. The summed E-state index contributed by atoms with van der Waals surface area (Å²) in [6.07, 6.45) is 60.0. The standard InChI is InChI=1S/C50H82NO9P/c1-3-5-7-9-11-13-15-17-19-21-22-23-24-25-26-27-28-30-32-34-36-38-40-42-49(52)60-47(45-58-61(55,56)59-46-48(51)50(53)54)44-57-43-41-39-37-35-33-31-29-20-18-16-14-12-10-8-6-4-2/h5-8,11-14,17-20,22-23,25-26,28,30,47-48H,3-4,9-10,15-16,21,24,27,29,31-46,51H2,1-2H3,(H,53,54)(H,55,56)/b7-5-,8-6-,13-11-,14-12-,19-17-,20-18-,23-22-,26-25-,30-28-. The van der Waals surface area contributed by atoms with Crippen molar-refractivity contribution in [2.24, 2.45) is 5.73 Å². The van der Waals surface area contributed by atoms with E-state index in [0.29, 0.717) is 13.0 Å². The zero-order chi connectivity index (χ0) is 44.8. The highest BCUT2D eigenvalue weighted by Crippen LogP contribution is 2.43. The highest BCUT2D eigenvalue weighted by molar-refractivity contribution is 7.47. The van der Waals surface area contributed by atoms with Crippen molar-refractivity contribution < 1.29 is 42.7 Å². The Morgan fingerprint density at radius 2 is 0.902 bits per heavy atom. The van der Waals surface area contributed by atoms with E-state index in [9.17, 15) is 19.0 Å². The van der Waals surface area contributed by atoms with E-state index in [2.05, 4.69) is 123 Å². The van der Waals surface area contributed by atoms with Gasteiger partial charge in [-0.05, 0) is 96.3 Å². The molecular weight excluding hydrogens is 790 g/mol. The molecule has 61 heavy (non-hydrogen) atoms. The Bertz CT molecular complexity index is 1380. The van der Waals surface area contributed by atoms with Crippen LogP contribution in [0.15, 0.2) is 109 Å². The smallest absolute Gasteiger partial charge is 0.472 e. The van der Waals surface area contributed by atoms with E-state index < -0.39 is 45.1 Å². The molecule has 10 nitrogen and oxygen atoms in total. The van der Waals surface area contributed by atoms with Gasteiger partial charge >= 0.3 is 19.8 Å². The molecule has 4 N–H and O–H groups in total. The zero-order valence-corrected chi connectivity index (χ0v) is 38.6. The third-order valence-electron chi connectivity index (χ3n) is 9.05. The van der Waals surface area contributed by atoms with Crippen molar-refractivity contribution in [2.75, 3.05) is 26.4 Å². The lowest BCUT2D eigenvalue weighted by atomic mass is 10.1. The Hall–Kier alpha value is -3.37. The van der Waals surface area contributed by atoms with Crippen LogP contribution in [0.4, 0.5) is 0 Å². The number of unbranched alkanes of at least 4 members (excludes halogenated alkanes) is 10. The molecule has 3 unspecified atom stereocenters. The Balaban J connectivity index is 4.32. The number of aliphatic carboxylic acids is 1. The normalized spacial score (nSPS) is 14.8. The SMILES string of the molecule is CC/C=C\C/C=C\C/C=C\C/C=C\C/C=C\C/C=C\CCCCCCC(=O)OC(COCCCCCCCC/C=C\C/C=C\C/C=C\CC)COP(=O)(O)OCC(N)C(=O)O. The highest BCUT2D eigenvalue weighted by atomic mass is 31.2. The summed E-state index contributed by atoms with van der Waals surface area (Å²) in [7, 11) is -4.64. The molecule has 0 saturated heterocycles. The summed E-state index contributed by atoms with van der Waals surface area (Å²) < 4.78 is 33.4. The monoisotopic (exact) mass is 872 g/mol. The van der Waals surface area contributed by atoms with Gasteiger partial charge in [0.05, 0.1) is 19.8 Å². The van der Waals surface area contributed by atoms with Crippen LogP contribution in [0.5, 0.6) is 0 Å². The fourth-order valence-corrected chi connectivity index (χ4v) is 6.34. The molecule has 0 saturated carbocycles. The van der Waals surface area contributed by atoms with Crippen LogP contribution in [-0.4, -0.2) is 60.5 Å². The van der Waals surface area contributed by atoms with E-state index in [1.54, 1.807) is 0 Å². The minimum Gasteiger partial charge on any atom is -0.480 e.